The molecule has 0 saturated carbocycles. The molecule has 1 aromatic carbocycles. The number of allylic oxidation sites excluding steroid dienone is 1. The van der Waals surface area contributed by atoms with Crippen molar-refractivity contribution in [1.29, 1.82) is 0 Å². The molecule has 3 nitrogen and oxygen atoms in total. The van der Waals surface area contributed by atoms with Gasteiger partial charge in [-0.15, -0.1) is 0 Å². The molecule has 1 spiro atoms. The van der Waals surface area contributed by atoms with Crippen molar-refractivity contribution in [3.63, 3.8) is 0 Å². The number of hydrogen-bond acceptors (Lipinski definition) is 3. The molecule has 0 amide bonds. The lowest BCUT2D eigenvalue weighted by molar-refractivity contribution is -0.117. The van der Waals surface area contributed by atoms with Crippen LogP contribution in [0.4, 0.5) is 0 Å². The second kappa shape index (κ2) is 4.44. The average molecular weight is 305 g/mol. The number of halogens is 1. The van der Waals surface area contributed by atoms with E-state index in [1.807, 2.05) is 26.8 Å². The summed E-state index contributed by atoms with van der Waals surface area (Å²) in [5.41, 5.74) is 1.91. The van der Waals surface area contributed by atoms with E-state index >= 15 is 0 Å². The van der Waals surface area contributed by atoms with Crippen LogP contribution in [0.25, 0.3) is 0 Å². The van der Waals surface area contributed by atoms with E-state index in [0.717, 1.165) is 11.1 Å². The van der Waals surface area contributed by atoms with Crippen molar-refractivity contribution in [3.8, 4) is 5.75 Å². The van der Waals surface area contributed by atoms with Gasteiger partial charge in [0.2, 0.25) is 5.78 Å². The summed E-state index contributed by atoms with van der Waals surface area (Å²) >= 11 is 6.34. The molecular formula is C17H17ClO3. The molecule has 2 aliphatic rings. The first kappa shape index (κ1) is 14.3. The highest BCUT2D eigenvalue weighted by Gasteiger charge is 2.56. The van der Waals surface area contributed by atoms with Gasteiger partial charge in [0, 0.05) is 12.3 Å². The third kappa shape index (κ3) is 1.73. The van der Waals surface area contributed by atoms with Gasteiger partial charge < -0.3 is 4.74 Å². The van der Waals surface area contributed by atoms with Gasteiger partial charge in [-0.2, -0.15) is 0 Å². The van der Waals surface area contributed by atoms with Gasteiger partial charge in [-0.3, -0.25) is 9.59 Å². The maximum Gasteiger partial charge on any atom is 0.215 e. The van der Waals surface area contributed by atoms with Crippen LogP contribution in [0.1, 0.15) is 41.8 Å². The van der Waals surface area contributed by atoms with Crippen LogP contribution in [0.3, 0.4) is 0 Å². The number of hydrogen-bond donors (Lipinski definition) is 0. The lowest BCUT2D eigenvalue weighted by Gasteiger charge is -2.36. The predicted molar refractivity (Wildman–Crippen MR) is 81.2 cm³/mol. The van der Waals surface area contributed by atoms with Crippen molar-refractivity contribution in [1.82, 2.24) is 0 Å². The average Bonchev–Trinajstić information content (AvgIpc) is 2.69. The molecule has 1 heterocycles. The van der Waals surface area contributed by atoms with E-state index in [4.69, 9.17) is 16.3 Å². The first-order valence-electron chi connectivity index (χ1n) is 7.04. The van der Waals surface area contributed by atoms with Crippen molar-refractivity contribution >= 4 is 23.2 Å². The zero-order chi connectivity index (χ0) is 15.5. The smallest absolute Gasteiger partial charge is 0.215 e. The summed E-state index contributed by atoms with van der Waals surface area (Å²) in [5, 5.41) is 0.484. The number of ether oxygens (including phenoxy) is 1. The molecule has 1 aliphatic carbocycles. The summed E-state index contributed by atoms with van der Waals surface area (Å²) in [5.74, 6) is 0.224. The van der Waals surface area contributed by atoms with Crippen LogP contribution in [-0.4, -0.2) is 17.2 Å². The fourth-order valence-electron chi connectivity index (χ4n) is 3.52. The number of aryl methyl sites for hydroxylation is 2. The Morgan fingerprint density at radius 2 is 1.90 bits per heavy atom. The summed E-state index contributed by atoms with van der Waals surface area (Å²) in [6.45, 7) is 7.45. The quantitative estimate of drug-likeness (QED) is 0.731. The van der Waals surface area contributed by atoms with Crippen LogP contribution in [0.2, 0.25) is 5.02 Å². The van der Waals surface area contributed by atoms with Gasteiger partial charge in [0.25, 0.3) is 0 Å². The van der Waals surface area contributed by atoms with Crippen LogP contribution < -0.4 is 4.74 Å². The van der Waals surface area contributed by atoms with Gasteiger partial charge in [0.1, 0.15) is 0 Å². The molecule has 0 aromatic heterocycles. The van der Waals surface area contributed by atoms with Crippen LogP contribution >= 0.6 is 11.6 Å². The molecule has 0 bridgehead atoms. The van der Waals surface area contributed by atoms with Gasteiger partial charge in [-0.05, 0) is 43.5 Å². The zero-order valence-corrected chi connectivity index (χ0v) is 13.3. The largest absolute Gasteiger partial charge is 0.472 e. The molecule has 0 fully saturated rings. The van der Waals surface area contributed by atoms with Gasteiger partial charge in [0.15, 0.2) is 17.1 Å². The van der Waals surface area contributed by atoms with E-state index < -0.39 is 5.60 Å². The molecule has 0 radical (unpaired) electrons. The van der Waals surface area contributed by atoms with Crippen molar-refractivity contribution in [2.24, 2.45) is 5.92 Å². The molecule has 3 rings (SSSR count). The Bertz CT molecular complexity index is 717. The fraction of sp³-hybridized carbons (Fsp3) is 0.412. The number of fused-ring (bicyclic) bond motifs is 1. The number of carbonyl (C=O) groups is 2. The Kier molecular flexibility index (Phi) is 3.03. The second-order valence-electron chi connectivity index (χ2n) is 6.09. The van der Waals surface area contributed by atoms with E-state index in [1.165, 1.54) is 6.08 Å². The number of rotatable bonds is 0. The Morgan fingerprint density at radius 1 is 1.24 bits per heavy atom. The lowest BCUT2D eigenvalue weighted by Crippen LogP contribution is -2.50. The molecule has 4 heteroatoms. The molecule has 0 saturated heterocycles. The normalized spacial score (nSPS) is 27.7. The summed E-state index contributed by atoms with van der Waals surface area (Å²) in [6.07, 6.45) is 1.84. The molecule has 0 N–H and O–H groups in total. The third-order valence-electron chi connectivity index (χ3n) is 4.59. The van der Waals surface area contributed by atoms with Crippen molar-refractivity contribution in [3.05, 3.63) is 39.4 Å². The summed E-state index contributed by atoms with van der Waals surface area (Å²) in [6, 6.07) is 1.90. The first-order chi connectivity index (χ1) is 9.79. The summed E-state index contributed by atoms with van der Waals surface area (Å²) < 4.78 is 6.11. The molecule has 0 unspecified atom stereocenters. The van der Waals surface area contributed by atoms with Crippen molar-refractivity contribution < 1.29 is 14.3 Å². The van der Waals surface area contributed by atoms with Crippen LogP contribution in [-0.2, 0) is 4.79 Å². The van der Waals surface area contributed by atoms with E-state index in [0.29, 0.717) is 28.3 Å². The van der Waals surface area contributed by atoms with E-state index in [2.05, 4.69) is 0 Å². The SMILES string of the molecule is CC1=CC(=O)C[C@@H](C)[C@]12Oc1c(Cl)c(C)cc(C)c1C2=O. The number of carbonyl (C=O) groups excluding carboxylic acids is 2. The summed E-state index contributed by atoms with van der Waals surface area (Å²) in [4.78, 5) is 24.8. The topological polar surface area (TPSA) is 43.4 Å². The molecule has 2 atom stereocenters. The molecule has 1 aromatic rings. The Hall–Kier alpha value is -1.61. The van der Waals surface area contributed by atoms with Crippen LogP contribution in [0.5, 0.6) is 5.75 Å². The Balaban J connectivity index is 2.26. The minimum Gasteiger partial charge on any atom is -0.472 e. The highest BCUT2D eigenvalue weighted by atomic mass is 35.5. The molecular weight excluding hydrogens is 288 g/mol. The maximum absolute atomic E-state index is 13.0. The van der Waals surface area contributed by atoms with Crippen molar-refractivity contribution in [2.45, 2.75) is 39.7 Å². The number of benzene rings is 1. The Labute approximate surface area is 128 Å². The van der Waals surface area contributed by atoms with Gasteiger partial charge >= 0.3 is 0 Å². The van der Waals surface area contributed by atoms with E-state index in [-0.39, 0.29) is 17.5 Å². The van der Waals surface area contributed by atoms with Gasteiger partial charge in [-0.25, -0.2) is 0 Å². The van der Waals surface area contributed by atoms with Gasteiger partial charge in [-0.1, -0.05) is 24.6 Å². The second-order valence-corrected chi connectivity index (χ2v) is 6.47. The standard InChI is InChI=1S/C17H17ClO3/c1-8-5-9(2)14(18)15-13(8)16(20)17(21-15)10(3)6-12(19)7-11(17)4/h5-6,11H,7H2,1-4H3/t11-,17-/m1/s1. The molecule has 1 aliphatic heterocycles. The Morgan fingerprint density at radius 3 is 2.52 bits per heavy atom. The molecule has 110 valence electrons. The predicted octanol–water partition coefficient (Wildman–Crippen LogP) is 3.83. The monoisotopic (exact) mass is 304 g/mol. The van der Waals surface area contributed by atoms with Gasteiger partial charge in [0.05, 0.1) is 10.6 Å². The van der Waals surface area contributed by atoms with E-state index in [9.17, 15) is 9.59 Å². The van der Waals surface area contributed by atoms with Crippen molar-refractivity contribution in [2.75, 3.05) is 0 Å². The third-order valence-corrected chi connectivity index (χ3v) is 5.06. The fourth-order valence-corrected chi connectivity index (χ4v) is 3.71. The summed E-state index contributed by atoms with van der Waals surface area (Å²) in [7, 11) is 0. The van der Waals surface area contributed by atoms with E-state index in [1.54, 1.807) is 6.92 Å². The zero-order valence-electron chi connectivity index (χ0n) is 12.5. The maximum atomic E-state index is 13.0. The first-order valence-corrected chi connectivity index (χ1v) is 7.42. The lowest BCUT2D eigenvalue weighted by atomic mass is 9.72. The van der Waals surface area contributed by atoms with Crippen LogP contribution in [0.15, 0.2) is 17.7 Å². The highest BCUT2D eigenvalue weighted by molar-refractivity contribution is 6.34. The minimum absolute atomic E-state index is 0.0389. The number of Topliss-reactive ketones (excluding diaryl/α,β-unsaturated/α-hetero) is 1. The molecule has 21 heavy (non-hydrogen) atoms. The number of ketones is 2. The van der Waals surface area contributed by atoms with Crippen LogP contribution in [0, 0.1) is 19.8 Å². The minimum atomic E-state index is -1.07. The highest BCUT2D eigenvalue weighted by Crippen LogP contribution is 2.50.